The number of halogens is 2. The standard InChI is InChI=1S/C20H17Cl2N5O3S/c1-13-10-19(27(25-13)9-3-8-23)24-20(28)14-4-2-5-16(11-14)26-31(29,30)18-12-15(21)6-7-17(18)22/h2,4-7,10-12,26H,3,9H2,1H3,(H,24,28). The highest BCUT2D eigenvalue weighted by Crippen LogP contribution is 2.27. The third-order valence-electron chi connectivity index (χ3n) is 4.14. The number of hydrogen-bond acceptors (Lipinski definition) is 5. The summed E-state index contributed by atoms with van der Waals surface area (Å²) in [6, 6.07) is 13.8. The van der Waals surface area contributed by atoms with Crippen molar-refractivity contribution in [2.45, 2.75) is 24.8 Å². The molecule has 0 aliphatic carbocycles. The molecule has 0 saturated carbocycles. The van der Waals surface area contributed by atoms with Gasteiger partial charge in [-0.05, 0) is 43.3 Å². The fourth-order valence-corrected chi connectivity index (χ4v) is 4.59. The van der Waals surface area contributed by atoms with Crippen molar-refractivity contribution in [1.29, 1.82) is 5.26 Å². The Morgan fingerprint density at radius 3 is 2.71 bits per heavy atom. The van der Waals surface area contributed by atoms with E-state index in [0.717, 1.165) is 0 Å². The first-order valence-electron chi connectivity index (χ1n) is 9.00. The zero-order valence-electron chi connectivity index (χ0n) is 16.3. The summed E-state index contributed by atoms with van der Waals surface area (Å²) in [6.07, 6.45) is 0.243. The number of benzene rings is 2. The molecule has 0 aliphatic heterocycles. The molecule has 3 aromatic rings. The summed E-state index contributed by atoms with van der Waals surface area (Å²) < 4.78 is 29.3. The number of aryl methyl sites for hydroxylation is 2. The normalized spacial score (nSPS) is 11.0. The molecule has 0 atom stereocenters. The number of amides is 1. The van der Waals surface area contributed by atoms with Crippen LogP contribution in [-0.2, 0) is 16.6 Å². The van der Waals surface area contributed by atoms with Gasteiger partial charge >= 0.3 is 0 Å². The fourth-order valence-electron chi connectivity index (χ4n) is 2.78. The topological polar surface area (TPSA) is 117 Å². The van der Waals surface area contributed by atoms with Crippen molar-refractivity contribution >= 4 is 50.6 Å². The van der Waals surface area contributed by atoms with Crippen LogP contribution in [0.5, 0.6) is 0 Å². The summed E-state index contributed by atoms with van der Waals surface area (Å²) >= 11 is 11.9. The zero-order valence-corrected chi connectivity index (χ0v) is 18.6. The molecule has 1 heterocycles. The number of rotatable bonds is 7. The number of nitrogens with one attached hydrogen (secondary N) is 2. The van der Waals surface area contributed by atoms with E-state index in [2.05, 4.69) is 15.1 Å². The van der Waals surface area contributed by atoms with Crippen LogP contribution < -0.4 is 10.0 Å². The molecule has 0 radical (unpaired) electrons. The molecule has 0 saturated heterocycles. The molecule has 2 aromatic carbocycles. The van der Waals surface area contributed by atoms with Gasteiger partial charge < -0.3 is 5.32 Å². The van der Waals surface area contributed by atoms with Gasteiger partial charge in [-0.1, -0.05) is 29.3 Å². The van der Waals surface area contributed by atoms with E-state index in [9.17, 15) is 13.2 Å². The maximum absolute atomic E-state index is 12.7. The summed E-state index contributed by atoms with van der Waals surface area (Å²) in [5.41, 5.74) is 1.09. The smallest absolute Gasteiger partial charge is 0.263 e. The Morgan fingerprint density at radius 1 is 1.19 bits per heavy atom. The number of carbonyl (C=O) groups excluding carboxylic acids is 1. The van der Waals surface area contributed by atoms with Gasteiger partial charge in [0.25, 0.3) is 15.9 Å². The van der Waals surface area contributed by atoms with E-state index in [1.54, 1.807) is 25.1 Å². The Bertz CT molecular complexity index is 1280. The van der Waals surface area contributed by atoms with Gasteiger partial charge in [-0.3, -0.25) is 9.52 Å². The number of nitriles is 1. The first-order chi connectivity index (χ1) is 14.7. The van der Waals surface area contributed by atoms with Crippen LogP contribution in [0.15, 0.2) is 53.4 Å². The van der Waals surface area contributed by atoms with Gasteiger partial charge in [0, 0.05) is 22.3 Å². The van der Waals surface area contributed by atoms with Crippen LogP contribution in [0.25, 0.3) is 0 Å². The predicted molar refractivity (Wildman–Crippen MR) is 119 cm³/mol. The van der Waals surface area contributed by atoms with Gasteiger partial charge in [-0.2, -0.15) is 10.4 Å². The van der Waals surface area contributed by atoms with Gasteiger partial charge in [0.05, 0.1) is 29.8 Å². The Kier molecular flexibility index (Phi) is 6.85. The van der Waals surface area contributed by atoms with E-state index in [4.69, 9.17) is 28.5 Å². The van der Waals surface area contributed by atoms with E-state index in [1.807, 2.05) is 6.07 Å². The molecule has 2 N–H and O–H groups in total. The van der Waals surface area contributed by atoms with Crippen molar-refractivity contribution in [2.24, 2.45) is 0 Å². The summed E-state index contributed by atoms with van der Waals surface area (Å²) in [6.45, 7) is 2.11. The molecule has 0 bridgehead atoms. The Hall–Kier alpha value is -3.06. The second-order valence-corrected chi connectivity index (χ2v) is 9.01. The Labute approximate surface area is 189 Å². The second kappa shape index (κ2) is 9.39. The molecule has 0 aliphatic rings. The average molecular weight is 478 g/mol. The monoisotopic (exact) mass is 477 g/mol. The summed E-state index contributed by atoms with van der Waals surface area (Å²) in [5, 5.41) is 16.0. The fraction of sp³-hybridized carbons (Fsp3) is 0.150. The van der Waals surface area contributed by atoms with Gasteiger partial charge in [0.2, 0.25) is 0 Å². The third-order valence-corrected chi connectivity index (χ3v) is 6.24. The largest absolute Gasteiger partial charge is 0.307 e. The van der Waals surface area contributed by atoms with Crippen LogP contribution in [0, 0.1) is 18.3 Å². The van der Waals surface area contributed by atoms with E-state index in [0.29, 0.717) is 18.1 Å². The number of carbonyl (C=O) groups is 1. The van der Waals surface area contributed by atoms with Gasteiger partial charge in [0.1, 0.15) is 10.7 Å². The van der Waals surface area contributed by atoms with Crippen molar-refractivity contribution in [3.05, 3.63) is 69.8 Å². The third kappa shape index (κ3) is 5.55. The highest BCUT2D eigenvalue weighted by Gasteiger charge is 2.19. The lowest BCUT2D eigenvalue weighted by Crippen LogP contribution is -2.17. The van der Waals surface area contributed by atoms with Gasteiger partial charge in [-0.15, -0.1) is 0 Å². The van der Waals surface area contributed by atoms with Crippen molar-refractivity contribution in [3.8, 4) is 6.07 Å². The van der Waals surface area contributed by atoms with Crippen molar-refractivity contribution in [3.63, 3.8) is 0 Å². The summed E-state index contributed by atoms with van der Waals surface area (Å²) in [7, 11) is -4.02. The first-order valence-corrected chi connectivity index (χ1v) is 11.2. The summed E-state index contributed by atoms with van der Waals surface area (Å²) in [5.74, 6) is -0.0191. The molecule has 0 unspecified atom stereocenters. The Morgan fingerprint density at radius 2 is 1.97 bits per heavy atom. The SMILES string of the molecule is Cc1cc(NC(=O)c2cccc(NS(=O)(=O)c3cc(Cl)ccc3Cl)c2)n(CCC#N)n1. The number of aromatic nitrogens is 2. The van der Waals surface area contributed by atoms with Crippen LogP contribution in [0.1, 0.15) is 22.5 Å². The quantitative estimate of drug-likeness (QED) is 0.520. The van der Waals surface area contributed by atoms with E-state index in [-0.39, 0.29) is 32.6 Å². The van der Waals surface area contributed by atoms with Crippen molar-refractivity contribution in [1.82, 2.24) is 9.78 Å². The molecular formula is C20H17Cl2N5O3S. The molecule has 160 valence electrons. The number of anilines is 2. The van der Waals surface area contributed by atoms with Crippen LogP contribution >= 0.6 is 23.2 Å². The highest BCUT2D eigenvalue weighted by atomic mass is 35.5. The minimum absolute atomic E-state index is 0.0202. The maximum atomic E-state index is 12.7. The number of sulfonamides is 1. The molecule has 11 heteroatoms. The lowest BCUT2D eigenvalue weighted by atomic mass is 10.2. The molecule has 8 nitrogen and oxygen atoms in total. The lowest BCUT2D eigenvalue weighted by molar-refractivity contribution is 0.102. The molecule has 31 heavy (non-hydrogen) atoms. The van der Waals surface area contributed by atoms with Crippen LogP contribution in [-0.4, -0.2) is 24.1 Å². The molecular weight excluding hydrogens is 461 g/mol. The van der Waals surface area contributed by atoms with Crippen molar-refractivity contribution < 1.29 is 13.2 Å². The minimum Gasteiger partial charge on any atom is -0.307 e. The maximum Gasteiger partial charge on any atom is 0.263 e. The number of nitrogens with zero attached hydrogens (tertiary/aromatic N) is 3. The van der Waals surface area contributed by atoms with Crippen LogP contribution in [0.2, 0.25) is 10.0 Å². The first kappa shape index (κ1) is 22.6. The van der Waals surface area contributed by atoms with Crippen molar-refractivity contribution in [2.75, 3.05) is 10.0 Å². The average Bonchev–Trinajstić information content (AvgIpc) is 3.06. The lowest BCUT2D eigenvalue weighted by Gasteiger charge is -2.11. The minimum atomic E-state index is -4.02. The van der Waals surface area contributed by atoms with E-state index >= 15 is 0 Å². The van der Waals surface area contributed by atoms with Gasteiger partial charge in [-0.25, -0.2) is 13.1 Å². The molecule has 3 rings (SSSR count). The van der Waals surface area contributed by atoms with E-state index < -0.39 is 15.9 Å². The van der Waals surface area contributed by atoms with Crippen LogP contribution in [0.4, 0.5) is 11.5 Å². The van der Waals surface area contributed by atoms with Gasteiger partial charge in [0.15, 0.2) is 0 Å². The summed E-state index contributed by atoms with van der Waals surface area (Å²) in [4.78, 5) is 12.5. The molecule has 1 aromatic heterocycles. The molecule has 1 amide bonds. The number of hydrogen-bond donors (Lipinski definition) is 2. The highest BCUT2D eigenvalue weighted by molar-refractivity contribution is 7.92. The molecule has 0 spiro atoms. The molecule has 0 fully saturated rings. The van der Waals surface area contributed by atoms with E-state index in [1.165, 1.54) is 35.0 Å². The van der Waals surface area contributed by atoms with Crippen LogP contribution in [0.3, 0.4) is 0 Å². The zero-order chi connectivity index (χ0) is 22.6. The second-order valence-electron chi connectivity index (χ2n) is 6.52. The Balaban J connectivity index is 1.81. The predicted octanol–water partition coefficient (Wildman–Crippen LogP) is 4.47.